The second kappa shape index (κ2) is 7.66. The lowest BCUT2D eigenvalue weighted by Gasteiger charge is -2.05. The van der Waals surface area contributed by atoms with Gasteiger partial charge >= 0.3 is 5.97 Å². The molecule has 0 bridgehead atoms. The van der Waals surface area contributed by atoms with E-state index < -0.39 is 5.97 Å². The summed E-state index contributed by atoms with van der Waals surface area (Å²) in [5.41, 5.74) is 1.86. The van der Waals surface area contributed by atoms with Gasteiger partial charge in [0.1, 0.15) is 0 Å². The van der Waals surface area contributed by atoms with E-state index in [4.69, 9.17) is 0 Å². The molecule has 0 amide bonds. The molecule has 0 spiro atoms. The average Bonchev–Trinajstić information content (AvgIpc) is 2.62. The molecular weight excluding hydrogens is 316 g/mol. The third-order valence-electron chi connectivity index (χ3n) is 3.49. The van der Waals surface area contributed by atoms with E-state index >= 15 is 0 Å². The van der Waals surface area contributed by atoms with Crippen LogP contribution in [0.5, 0.6) is 0 Å². The summed E-state index contributed by atoms with van der Waals surface area (Å²) in [7, 11) is 0. The van der Waals surface area contributed by atoms with Crippen molar-refractivity contribution in [3.05, 3.63) is 96.1 Å². The van der Waals surface area contributed by atoms with Crippen molar-refractivity contribution in [3.8, 4) is 0 Å². The highest BCUT2D eigenvalue weighted by Crippen LogP contribution is 2.28. The Labute approximate surface area is 145 Å². The molecule has 0 heterocycles. The summed E-state index contributed by atoms with van der Waals surface area (Å²) in [5.74, 6) is -0.927. The Morgan fingerprint density at radius 1 is 0.750 bits per heavy atom. The Bertz CT molecular complexity index is 838. The number of carbonyl (C=O) groups is 1. The standard InChI is InChI=1S/C21H16O2S/c22-21(23)20(17-7-3-1-4-8-17)15-16-11-13-19(14-12-16)24-18-9-5-2-6-10-18/h1-15H,(H,22,23). The van der Waals surface area contributed by atoms with Crippen LogP contribution in [0.1, 0.15) is 11.1 Å². The largest absolute Gasteiger partial charge is 0.478 e. The first-order chi connectivity index (χ1) is 11.7. The highest BCUT2D eigenvalue weighted by Gasteiger charge is 2.09. The Morgan fingerprint density at radius 2 is 1.29 bits per heavy atom. The van der Waals surface area contributed by atoms with Crippen LogP contribution in [0.25, 0.3) is 11.6 Å². The third-order valence-corrected chi connectivity index (χ3v) is 4.50. The molecule has 0 unspecified atom stereocenters. The molecule has 0 atom stereocenters. The second-order valence-corrected chi connectivity index (χ2v) is 6.36. The SMILES string of the molecule is O=C(O)C(=Cc1ccc(Sc2ccccc2)cc1)c1ccccc1. The maximum absolute atomic E-state index is 11.5. The quantitative estimate of drug-likeness (QED) is 0.498. The van der Waals surface area contributed by atoms with Gasteiger partial charge in [-0.05, 0) is 41.5 Å². The molecule has 24 heavy (non-hydrogen) atoms. The van der Waals surface area contributed by atoms with E-state index in [0.29, 0.717) is 11.1 Å². The molecule has 0 aromatic heterocycles. The molecule has 2 nitrogen and oxygen atoms in total. The molecule has 3 heteroatoms. The smallest absolute Gasteiger partial charge is 0.336 e. The van der Waals surface area contributed by atoms with Gasteiger partial charge in [0, 0.05) is 9.79 Å². The molecule has 0 saturated carbocycles. The minimum Gasteiger partial charge on any atom is -0.478 e. The van der Waals surface area contributed by atoms with Crippen LogP contribution in [-0.2, 0) is 4.79 Å². The van der Waals surface area contributed by atoms with Crippen LogP contribution in [0.3, 0.4) is 0 Å². The summed E-state index contributed by atoms with van der Waals surface area (Å²) >= 11 is 1.68. The monoisotopic (exact) mass is 332 g/mol. The van der Waals surface area contributed by atoms with Gasteiger partial charge in [0.2, 0.25) is 0 Å². The number of benzene rings is 3. The molecule has 0 aliphatic carbocycles. The zero-order valence-corrected chi connectivity index (χ0v) is 13.7. The number of carboxylic acid groups (broad SMARTS) is 1. The summed E-state index contributed by atoms with van der Waals surface area (Å²) < 4.78 is 0. The van der Waals surface area contributed by atoms with Crippen molar-refractivity contribution in [1.82, 2.24) is 0 Å². The van der Waals surface area contributed by atoms with Crippen LogP contribution in [0.2, 0.25) is 0 Å². The molecule has 3 rings (SSSR count). The van der Waals surface area contributed by atoms with Crippen molar-refractivity contribution < 1.29 is 9.90 Å². The van der Waals surface area contributed by atoms with Gasteiger partial charge in [-0.3, -0.25) is 0 Å². The Hall–Kier alpha value is -2.78. The van der Waals surface area contributed by atoms with Crippen molar-refractivity contribution in [1.29, 1.82) is 0 Å². The van der Waals surface area contributed by atoms with E-state index in [2.05, 4.69) is 12.1 Å². The minimum atomic E-state index is -0.927. The maximum atomic E-state index is 11.5. The Balaban J connectivity index is 1.83. The van der Waals surface area contributed by atoms with Gasteiger partial charge in [0.15, 0.2) is 0 Å². The van der Waals surface area contributed by atoms with Crippen molar-refractivity contribution >= 4 is 29.4 Å². The molecule has 3 aromatic rings. The van der Waals surface area contributed by atoms with Crippen LogP contribution < -0.4 is 0 Å². The van der Waals surface area contributed by atoms with Crippen LogP contribution in [-0.4, -0.2) is 11.1 Å². The van der Waals surface area contributed by atoms with Crippen LogP contribution in [0.15, 0.2) is 94.7 Å². The van der Waals surface area contributed by atoms with Crippen molar-refractivity contribution in [3.63, 3.8) is 0 Å². The van der Waals surface area contributed by atoms with Crippen LogP contribution in [0, 0.1) is 0 Å². The molecule has 0 aliphatic heterocycles. The van der Waals surface area contributed by atoms with E-state index in [-0.39, 0.29) is 0 Å². The lowest BCUT2D eigenvalue weighted by atomic mass is 10.0. The van der Waals surface area contributed by atoms with Gasteiger partial charge in [0.05, 0.1) is 5.57 Å². The zero-order valence-electron chi connectivity index (χ0n) is 12.9. The van der Waals surface area contributed by atoms with Gasteiger partial charge < -0.3 is 5.11 Å². The topological polar surface area (TPSA) is 37.3 Å². The molecule has 0 aliphatic rings. The van der Waals surface area contributed by atoms with E-state index in [1.54, 1.807) is 30.0 Å². The number of hydrogen-bond acceptors (Lipinski definition) is 2. The van der Waals surface area contributed by atoms with E-state index in [0.717, 1.165) is 10.5 Å². The number of carboxylic acids is 1. The Kier molecular flexibility index (Phi) is 5.14. The predicted molar refractivity (Wildman–Crippen MR) is 99.0 cm³/mol. The second-order valence-electron chi connectivity index (χ2n) is 5.21. The van der Waals surface area contributed by atoms with Crippen molar-refractivity contribution in [2.24, 2.45) is 0 Å². The molecule has 3 aromatic carbocycles. The fourth-order valence-corrected chi connectivity index (χ4v) is 3.15. The fourth-order valence-electron chi connectivity index (χ4n) is 2.31. The number of hydrogen-bond donors (Lipinski definition) is 1. The van der Waals surface area contributed by atoms with Gasteiger partial charge in [-0.1, -0.05) is 72.4 Å². The van der Waals surface area contributed by atoms with Crippen molar-refractivity contribution in [2.75, 3.05) is 0 Å². The number of rotatable bonds is 5. The summed E-state index contributed by atoms with van der Waals surface area (Å²) in [6.45, 7) is 0. The third kappa shape index (κ3) is 4.15. The summed E-state index contributed by atoms with van der Waals surface area (Å²) in [4.78, 5) is 13.8. The van der Waals surface area contributed by atoms with Gasteiger partial charge in [0.25, 0.3) is 0 Å². The highest BCUT2D eigenvalue weighted by atomic mass is 32.2. The molecule has 118 valence electrons. The zero-order chi connectivity index (χ0) is 16.8. The molecule has 0 saturated heterocycles. The van der Waals surface area contributed by atoms with E-state index in [1.165, 1.54) is 4.90 Å². The van der Waals surface area contributed by atoms with Crippen LogP contribution >= 0.6 is 11.8 Å². The first kappa shape index (κ1) is 16.1. The maximum Gasteiger partial charge on any atom is 0.336 e. The first-order valence-electron chi connectivity index (χ1n) is 7.56. The molecular formula is C21H16O2S. The van der Waals surface area contributed by atoms with Gasteiger partial charge in [-0.15, -0.1) is 0 Å². The fraction of sp³-hybridized carbons (Fsp3) is 0. The van der Waals surface area contributed by atoms with E-state index in [9.17, 15) is 9.90 Å². The molecule has 0 fully saturated rings. The summed E-state index contributed by atoms with van der Waals surface area (Å²) in [5, 5.41) is 9.47. The number of aliphatic carboxylic acids is 1. The predicted octanol–water partition coefficient (Wildman–Crippen LogP) is 5.46. The summed E-state index contributed by atoms with van der Waals surface area (Å²) in [6.07, 6.45) is 1.70. The molecule has 0 radical (unpaired) electrons. The van der Waals surface area contributed by atoms with Crippen molar-refractivity contribution in [2.45, 2.75) is 9.79 Å². The van der Waals surface area contributed by atoms with E-state index in [1.807, 2.05) is 60.7 Å². The lowest BCUT2D eigenvalue weighted by molar-refractivity contribution is -0.130. The van der Waals surface area contributed by atoms with Gasteiger partial charge in [-0.25, -0.2) is 4.79 Å². The van der Waals surface area contributed by atoms with Crippen LogP contribution in [0.4, 0.5) is 0 Å². The normalized spacial score (nSPS) is 11.2. The average molecular weight is 332 g/mol. The highest BCUT2D eigenvalue weighted by molar-refractivity contribution is 7.99. The van der Waals surface area contributed by atoms with Gasteiger partial charge in [-0.2, -0.15) is 0 Å². The first-order valence-corrected chi connectivity index (χ1v) is 8.37. The minimum absolute atomic E-state index is 0.291. The summed E-state index contributed by atoms with van der Waals surface area (Å²) in [6, 6.07) is 27.2. The lowest BCUT2D eigenvalue weighted by Crippen LogP contribution is -1.99. The molecule has 1 N–H and O–H groups in total. The Morgan fingerprint density at radius 3 is 1.88 bits per heavy atom.